The normalized spacial score (nSPS) is 7.90. The zero-order chi connectivity index (χ0) is 9.15. The number of hydrogen-bond acceptors (Lipinski definition) is 2. The molecule has 3 heteroatoms. The van der Waals surface area contributed by atoms with Gasteiger partial charge in [-0.3, -0.25) is 0 Å². The van der Waals surface area contributed by atoms with Gasteiger partial charge in [-0.15, -0.1) is 12.2 Å². The van der Waals surface area contributed by atoms with Crippen LogP contribution in [0.3, 0.4) is 0 Å². The molecule has 0 aliphatic heterocycles. The van der Waals surface area contributed by atoms with Gasteiger partial charge in [-0.25, -0.2) is 0 Å². The van der Waals surface area contributed by atoms with E-state index in [1.807, 2.05) is 5.79 Å². The van der Waals surface area contributed by atoms with Crippen LogP contribution in [-0.2, 0) is 0 Å². The third-order valence-electron chi connectivity index (χ3n) is 0. The monoisotopic (exact) mass is 160 g/mol. The first-order chi connectivity index (χ1) is 4.46. The zero-order valence-electron chi connectivity index (χ0n) is 7.55. The predicted octanol–water partition coefficient (Wildman–Crippen LogP) is -0.287. The quantitative estimate of drug-likeness (QED) is 0.457. The summed E-state index contributed by atoms with van der Waals surface area (Å²) < 4.78 is 0. The van der Waals surface area contributed by atoms with E-state index in [-0.39, 0.29) is 0 Å². The molecular formula is C7H17AlO2. The summed E-state index contributed by atoms with van der Waals surface area (Å²) in [5.74, 6) is 1.92. The summed E-state index contributed by atoms with van der Waals surface area (Å²) in [6.07, 6.45) is -0.833. The van der Waals surface area contributed by atoms with Gasteiger partial charge in [0.2, 0.25) is 0 Å². The fourth-order valence-electron chi connectivity index (χ4n) is 0. The van der Waals surface area contributed by atoms with Gasteiger partial charge < -0.3 is 10.2 Å². The summed E-state index contributed by atoms with van der Waals surface area (Å²) in [5, 5.41) is 19.1. The molecule has 0 heterocycles. The van der Waals surface area contributed by atoms with Crippen LogP contribution >= 0.6 is 0 Å². The summed E-state index contributed by atoms with van der Waals surface area (Å²) in [4.78, 5) is 0. The van der Waals surface area contributed by atoms with Crippen LogP contribution in [-0.4, -0.2) is 28.5 Å². The van der Waals surface area contributed by atoms with E-state index in [9.17, 15) is 10.2 Å². The maximum atomic E-state index is 9.53. The van der Waals surface area contributed by atoms with Crippen molar-refractivity contribution in [3.63, 3.8) is 0 Å². The van der Waals surface area contributed by atoms with Crippen LogP contribution in [0.5, 0.6) is 0 Å². The second kappa shape index (κ2) is 16.2. The third-order valence-corrected chi connectivity index (χ3v) is 0. The fraction of sp³-hybridized carbons (Fsp3) is 1.00. The van der Waals surface area contributed by atoms with Crippen molar-refractivity contribution in [1.29, 1.82) is 0 Å². The van der Waals surface area contributed by atoms with Crippen LogP contribution in [0.1, 0.15) is 27.7 Å². The molecule has 2 nitrogen and oxygen atoms in total. The van der Waals surface area contributed by atoms with E-state index in [0.29, 0.717) is 0 Å². The molecule has 0 unspecified atom stereocenters. The third kappa shape index (κ3) is 2290. The van der Waals surface area contributed by atoms with Gasteiger partial charge in [-0.1, -0.05) is 27.7 Å². The van der Waals surface area contributed by atoms with Crippen molar-refractivity contribution in [1.82, 2.24) is 0 Å². The Hall–Kier alpha value is 0.452. The summed E-state index contributed by atoms with van der Waals surface area (Å²) in [5.41, 5.74) is 0. The van der Waals surface area contributed by atoms with Gasteiger partial charge in [0.1, 0.15) is 0 Å². The zero-order valence-corrected chi connectivity index (χ0v) is 8.70. The molecule has 0 fully saturated rings. The molecule has 0 aliphatic carbocycles. The average Bonchev–Trinajstić information content (AvgIpc) is 1.66. The van der Waals surface area contributed by atoms with E-state index < -0.39 is 12.2 Å². The Kier molecular flexibility index (Phi) is 27.3. The van der Waals surface area contributed by atoms with Crippen LogP contribution in [0.15, 0.2) is 0 Å². The molecule has 60 valence electrons. The molecule has 0 atom stereocenters. The van der Waals surface area contributed by atoms with Crippen LogP contribution in [0.25, 0.3) is 0 Å². The minimum atomic E-state index is -0.417. The Labute approximate surface area is 72.7 Å². The first kappa shape index (κ1) is 16.8. The van der Waals surface area contributed by atoms with Crippen LogP contribution in [0.4, 0.5) is 0 Å². The molecule has 0 bridgehead atoms. The molecule has 0 amide bonds. The topological polar surface area (TPSA) is 46.1 Å². The van der Waals surface area contributed by atoms with Crippen molar-refractivity contribution in [2.45, 2.75) is 45.7 Å². The molecule has 0 rings (SSSR count). The summed E-state index contributed by atoms with van der Waals surface area (Å²) in [7, 11) is 0. The van der Waals surface area contributed by atoms with E-state index in [4.69, 9.17) is 0 Å². The number of hydrogen-bond donors (Lipinski definition) is 0. The van der Waals surface area contributed by atoms with Crippen LogP contribution in [0, 0.1) is 0 Å². The summed E-state index contributed by atoms with van der Waals surface area (Å²) in [6.45, 7) is 6.44. The van der Waals surface area contributed by atoms with Crippen molar-refractivity contribution in [2.24, 2.45) is 0 Å². The first-order valence-corrected chi connectivity index (χ1v) is 4.51. The second-order valence-electron chi connectivity index (χ2n) is 2.10. The van der Waals surface area contributed by atoms with Gasteiger partial charge in [-0.2, -0.15) is 0 Å². The fourth-order valence-corrected chi connectivity index (χ4v) is 0. The van der Waals surface area contributed by atoms with Crippen molar-refractivity contribution in [3.05, 3.63) is 0 Å². The molecule has 0 aromatic carbocycles. The van der Waals surface area contributed by atoms with Crippen LogP contribution < -0.4 is 10.2 Å². The van der Waals surface area contributed by atoms with E-state index in [1.165, 1.54) is 0 Å². The Morgan fingerprint density at radius 1 is 0.800 bits per heavy atom. The molecule has 0 saturated carbocycles. The molecule has 0 radical (unpaired) electrons. The Bertz CT molecular complexity index is 27.1. The van der Waals surface area contributed by atoms with Gasteiger partial charge >= 0.3 is 22.1 Å². The predicted molar refractivity (Wildman–Crippen MR) is 41.9 cm³/mol. The maximum absolute atomic E-state index is 9.53. The van der Waals surface area contributed by atoms with Gasteiger partial charge in [0.05, 0.1) is 0 Å². The van der Waals surface area contributed by atoms with E-state index in [0.717, 1.165) is 0 Å². The molecule has 0 N–H and O–H groups in total. The van der Waals surface area contributed by atoms with E-state index in [2.05, 4.69) is 16.3 Å². The molecule has 0 aromatic rings. The van der Waals surface area contributed by atoms with Crippen molar-refractivity contribution in [2.75, 3.05) is 0 Å². The molecule has 0 aromatic heterocycles. The summed E-state index contributed by atoms with van der Waals surface area (Å²) in [6, 6.07) is 0. The summed E-state index contributed by atoms with van der Waals surface area (Å²) >= 11 is 2.42. The Morgan fingerprint density at radius 2 is 0.800 bits per heavy atom. The van der Waals surface area contributed by atoms with E-state index >= 15 is 0 Å². The van der Waals surface area contributed by atoms with Gasteiger partial charge in [-0.05, 0) is 0 Å². The minimum absolute atomic E-state index is 0.417. The molecule has 0 aliphatic rings. The molecular weight excluding hydrogens is 143 g/mol. The Balaban J connectivity index is -0.0000000787. The molecule has 10 heavy (non-hydrogen) atoms. The van der Waals surface area contributed by atoms with Gasteiger partial charge in [0, 0.05) is 0 Å². The SMILES string of the molecule is CC(C)[O-].CC(C)[O-].[CH3][Al+2]. The van der Waals surface area contributed by atoms with Gasteiger partial charge in [0.25, 0.3) is 0 Å². The average molecular weight is 160 g/mol. The standard InChI is InChI=1S/2C3H7O.CH3.Al/c2*1-3(2)4;;/h2*3H,1-2H3;1H3;/q2*-1;;+2. The molecule has 0 saturated heterocycles. The van der Waals surface area contributed by atoms with Crippen LogP contribution in [0.2, 0.25) is 5.79 Å². The van der Waals surface area contributed by atoms with Crippen molar-refractivity contribution < 1.29 is 10.2 Å². The number of rotatable bonds is 0. The van der Waals surface area contributed by atoms with Gasteiger partial charge in [0.15, 0.2) is 0 Å². The van der Waals surface area contributed by atoms with E-state index in [1.54, 1.807) is 27.7 Å². The van der Waals surface area contributed by atoms with Crippen molar-refractivity contribution >= 4 is 16.3 Å². The molecule has 0 spiro atoms. The first-order valence-electron chi connectivity index (χ1n) is 3.36. The Morgan fingerprint density at radius 3 is 0.800 bits per heavy atom. The van der Waals surface area contributed by atoms with Crippen molar-refractivity contribution in [3.8, 4) is 0 Å². The second-order valence-corrected chi connectivity index (χ2v) is 2.10.